The number of nitrogens with one attached hydrogen (secondary N) is 2. The maximum Gasteiger partial charge on any atom is 0.271 e. The fourth-order valence-corrected chi connectivity index (χ4v) is 4.73. The number of hydrogen-bond acceptors (Lipinski definition) is 6. The number of thiazole rings is 2. The molecule has 0 atom stereocenters. The van der Waals surface area contributed by atoms with Crippen molar-refractivity contribution in [3.63, 3.8) is 0 Å². The lowest BCUT2D eigenvalue weighted by atomic mass is 10.1. The molecule has 2 amide bonds. The first kappa shape index (κ1) is 19.3. The van der Waals surface area contributed by atoms with Crippen LogP contribution in [0.15, 0.2) is 41.9 Å². The van der Waals surface area contributed by atoms with Gasteiger partial charge < -0.3 is 10.6 Å². The molecule has 0 saturated heterocycles. The van der Waals surface area contributed by atoms with E-state index in [2.05, 4.69) is 20.6 Å². The Morgan fingerprint density at radius 1 is 1.03 bits per heavy atom. The molecular weight excluding hydrogens is 406 g/mol. The summed E-state index contributed by atoms with van der Waals surface area (Å²) < 4.78 is 1.78. The molecule has 0 radical (unpaired) electrons. The van der Waals surface area contributed by atoms with Crippen molar-refractivity contribution in [1.29, 1.82) is 0 Å². The van der Waals surface area contributed by atoms with Gasteiger partial charge in [-0.2, -0.15) is 0 Å². The highest BCUT2D eigenvalue weighted by Crippen LogP contribution is 2.29. The lowest BCUT2D eigenvalue weighted by molar-refractivity contribution is 0.0922. The van der Waals surface area contributed by atoms with Crippen molar-refractivity contribution in [2.75, 3.05) is 13.1 Å². The van der Waals surface area contributed by atoms with Gasteiger partial charge in [-0.3, -0.25) is 14.0 Å². The molecule has 0 bridgehead atoms. The van der Waals surface area contributed by atoms with Crippen molar-refractivity contribution in [2.24, 2.45) is 0 Å². The molecule has 29 heavy (non-hydrogen) atoms. The van der Waals surface area contributed by atoms with Crippen LogP contribution in [-0.2, 0) is 0 Å². The average molecular weight is 426 g/mol. The number of imidazole rings is 1. The van der Waals surface area contributed by atoms with Gasteiger partial charge in [0.15, 0.2) is 4.96 Å². The second kappa shape index (κ2) is 8.14. The second-order valence-electron chi connectivity index (χ2n) is 6.39. The fourth-order valence-electron chi connectivity index (χ4n) is 3.05. The van der Waals surface area contributed by atoms with E-state index in [0.29, 0.717) is 30.2 Å². The standard InChI is InChI=1S/C20H19N5O2S2/c1-12-16(25-10-11-28-20(25)23-12)19(27)22-9-8-21-18(26)15-17(29-13(2)24-15)14-6-4-3-5-7-14/h3-7,10-11H,8-9H2,1-2H3,(H,21,26)(H,22,27). The van der Waals surface area contributed by atoms with Gasteiger partial charge in [0.05, 0.1) is 15.6 Å². The zero-order valence-corrected chi connectivity index (χ0v) is 17.6. The molecule has 0 spiro atoms. The van der Waals surface area contributed by atoms with Crippen LogP contribution in [0.4, 0.5) is 0 Å². The van der Waals surface area contributed by atoms with Gasteiger partial charge in [0.25, 0.3) is 11.8 Å². The van der Waals surface area contributed by atoms with Crippen LogP contribution in [0, 0.1) is 13.8 Å². The SMILES string of the molecule is Cc1nc(C(=O)NCCNC(=O)c2c(C)nc3sccn23)c(-c2ccccc2)s1. The number of benzene rings is 1. The molecule has 1 aromatic carbocycles. The second-order valence-corrected chi connectivity index (χ2v) is 8.47. The molecule has 9 heteroatoms. The van der Waals surface area contributed by atoms with E-state index >= 15 is 0 Å². The summed E-state index contributed by atoms with van der Waals surface area (Å²) in [6.45, 7) is 4.31. The first-order valence-electron chi connectivity index (χ1n) is 9.06. The van der Waals surface area contributed by atoms with Crippen LogP contribution in [0.3, 0.4) is 0 Å². The number of nitrogens with zero attached hydrogens (tertiary/aromatic N) is 3. The Hall–Kier alpha value is -3.04. The molecule has 3 heterocycles. The maximum atomic E-state index is 12.6. The number of carbonyl (C=O) groups is 2. The van der Waals surface area contributed by atoms with Crippen molar-refractivity contribution >= 4 is 39.4 Å². The van der Waals surface area contributed by atoms with E-state index in [4.69, 9.17) is 0 Å². The number of aromatic nitrogens is 3. The summed E-state index contributed by atoms with van der Waals surface area (Å²) in [5.74, 6) is -0.458. The molecule has 4 aromatic rings. The van der Waals surface area contributed by atoms with Crippen molar-refractivity contribution in [3.05, 3.63) is 64.0 Å². The number of carbonyl (C=O) groups excluding carboxylic acids is 2. The fraction of sp³-hybridized carbons (Fsp3) is 0.200. The Bertz CT molecular complexity index is 1180. The lowest BCUT2D eigenvalue weighted by Crippen LogP contribution is -2.35. The minimum Gasteiger partial charge on any atom is -0.349 e. The zero-order chi connectivity index (χ0) is 20.4. The van der Waals surface area contributed by atoms with Gasteiger partial charge >= 0.3 is 0 Å². The van der Waals surface area contributed by atoms with Crippen molar-refractivity contribution < 1.29 is 9.59 Å². The third-order valence-corrected chi connectivity index (χ3v) is 6.11. The molecule has 148 valence electrons. The van der Waals surface area contributed by atoms with E-state index in [9.17, 15) is 9.59 Å². The van der Waals surface area contributed by atoms with E-state index in [1.54, 1.807) is 4.40 Å². The number of amides is 2. The molecule has 0 fully saturated rings. The van der Waals surface area contributed by atoms with Crippen LogP contribution in [0.1, 0.15) is 31.7 Å². The molecule has 4 rings (SSSR count). The number of fused-ring (bicyclic) bond motifs is 1. The highest BCUT2D eigenvalue weighted by atomic mass is 32.1. The number of aryl methyl sites for hydroxylation is 2. The summed E-state index contributed by atoms with van der Waals surface area (Å²) in [4.78, 5) is 35.5. The summed E-state index contributed by atoms with van der Waals surface area (Å²) in [7, 11) is 0. The summed E-state index contributed by atoms with van der Waals surface area (Å²) in [6, 6.07) is 9.73. The molecule has 0 unspecified atom stereocenters. The third kappa shape index (κ3) is 3.92. The van der Waals surface area contributed by atoms with Gasteiger partial charge in [-0.15, -0.1) is 22.7 Å². The third-order valence-electron chi connectivity index (χ3n) is 4.33. The molecule has 0 aliphatic carbocycles. The van der Waals surface area contributed by atoms with Crippen LogP contribution in [-0.4, -0.2) is 39.3 Å². The van der Waals surface area contributed by atoms with Gasteiger partial charge in [-0.25, -0.2) is 9.97 Å². The Kier molecular flexibility index (Phi) is 5.41. The summed E-state index contributed by atoms with van der Waals surface area (Å²) in [5.41, 5.74) is 2.59. The molecule has 3 aromatic heterocycles. The summed E-state index contributed by atoms with van der Waals surface area (Å²) in [6.07, 6.45) is 1.83. The van der Waals surface area contributed by atoms with E-state index < -0.39 is 0 Å². The van der Waals surface area contributed by atoms with Crippen LogP contribution in [0.5, 0.6) is 0 Å². The Labute approximate surface area is 175 Å². The van der Waals surface area contributed by atoms with Gasteiger partial charge in [-0.05, 0) is 19.4 Å². The minimum absolute atomic E-state index is 0.211. The van der Waals surface area contributed by atoms with Crippen molar-refractivity contribution in [2.45, 2.75) is 13.8 Å². The highest BCUT2D eigenvalue weighted by molar-refractivity contribution is 7.15. The molecule has 2 N–H and O–H groups in total. The molecule has 7 nitrogen and oxygen atoms in total. The monoisotopic (exact) mass is 425 g/mol. The maximum absolute atomic E-state index is 12.6. The van der Waals surface area contributed by atoms with E-state index in [0.717, 1.165) is 20.4 Å². The van der Waals surface area contributed by atoms with E-state index in [-0.39, 0.29) is 11.8 Å². The van der Waals surface area contributed by atoms with Crippen molar-refractivity contribution in [1.82, 2.24) is 25.0 Å². The predicted octanol–water partition coefficient (Wildman–Crippen LogP) is 3.30. The summed E-state index contributed by atoms with van der Waals surface area (Å²) in [5, 5.41) is 8.40. The zero-order valence-electron chi connectivity index (χ0n) is 15.9. The smallest absolute Gasteiger partial charge is 0.271 e. The number of hydrogen-bond donors (Lipinski definition) is 2. The van der Waals surface area contributed by atoms with Crippen LogP contribution < -0.4 is 10.6 Å². The minimum atomic E-state index is -0.247. The molecular formula is C20H19N5O2S2. The first-order chi connectivity index (χ1) is 14.0. The highest BCUT2D eigenvalue weighted by Gasteiger charge is 2.19. The lowest BCUT2D eigenvalue weighted by Gasteiger charge is -2.07. The van der Waals surface area contributed by atoms with Crippen LogP contribution in [0.2, 0.25) is 0 Å². The largest absolute Gasteiger partial charge is 0.349 e. The molecule has 0 aliphatic heterocycles. The van der Waals surface area contributed by atoms with Gasteiger partial charge in [0, 0.05) is 24.7 Å². The van der Waals surface area contributed by atoms with E-state index in [1.165, 1.54) is 22.7 Å². The average Bonchev–Trinajstić information content (AvgIpc) is 3.39. The normalized spacial score (nSPS) is 11.0. The molecule has 0 aliphatic rings. The van der Waals surface area contributed by atoms with Crippen LogP contribution >= 0.6 is 22.7 Å². The van der Waals surface area contributed by atoms with Crippen molar-refractivity contribution in [3.8, 4) is 10.4 Å². The van der Waals surface area contributed by atoms with Gasteiger partial charge in [0.2, 0.25) is 0 Å². The predicted molar refractivity (Wildman–Crippen MR) is 115 cm³/mol. The quantitative estimate of drug-likeness (QED) is 0.464. The molecule has 0 saturated carbocycles. The van der Waals surface area contributed by atoms with Crippen LogP contribution in [0.25, 0.3) is 15.4 Å². The van der Waals surface area contributed by atoms with E-state index in [1.807, 2.05) is 55.8 Å². The Morgan fingerprint density at radius 3 is 2.52 bits per heavy atom. The first-order valence-corrected chi connectivity index (χ1v) is 10.8. The van der Waals surface area contributed by atoms with Gasteiger partial charge in [-0.1, -0.05) is 30.3 Å². The van der Waals surface area contributed by atoms with Gasteiger partial charge in [0.1, 0.15) is 11.4 Å². The summed E-state index contributed by atoms with van der Waals surface area (Å²) >= 11 is 2.97. The Balaban J connectivity index is 1.37. The number of rotatable bonds is 6. The topological polar surface area (TPSA) is 88.4 Å². The Morgan fingerprint density at radius 2 is 1.76 bits per heavy atom.